The second-order valence-electron chi connectivity index (χ2n) is 7.20. The van der Waals surface area contributed by atoms with Crippen LogP contribution in [0.2, 0.25) is 0 Å². The lowest BCUT2D eigenvalue weighted by molar-refractivity contribution is 0.379. The van der Waals surface area contributed by atoms with Crippen molar-refractivity contribution in [1.29, 1.82) is 0 Å². The maximum Gasteiger partial charge on any atom is 0.150 e. The fraction of sp³-hybridized carbons (Fsp3) is 0.273. The highest BCUT2D eigenvalue weighted by molar-refractivity contribution is 8.00. The summed E-state index contributed by atoms with van der Waals surface area (Å²) in [6, 6.07) is 6.20. The minimum absolute atomic E-state index is 0.255. The quantitative estimate of drug-likeness (QED) is 0.680. The van der Waals surface area contributed by atoms with E-state index in [0.29, 0.717) is 12.1 Å². The van der Waals surface area contributed by atoms with E-state index in [0.717, 1.165) is 46.4 Å². The first-order chi connectivity index (χ1) is 14.1. The molecule has 1 fully saturated rings. The number of nitrogens with zero attached hydrogens (tertiary/aromatic N) is 2. The van der Waals surface area contributed by atoms with Crippen molar-refractivity contribution in [1.82, 2.24) is 10.3 Å². The average Bonchev–Trinajstić information content (AvgIpc) is 3.23. The third-order valence-corrected chi connectivity index (χ3v) is 7.43. The van der Waals surface area contributed by atoms with Crippen LogP contribution in [0.5, 0.6) is 0 Å². The van der Waals surface area contributed by atoms with Crippen molar-refractivity contribution in [2.24, 2.45) is 16.1 Å². The number of benzene rings is 1. The normalized spacial score (nSPS) is 24.4. The van der Waals surface area contributed by atoms with Crippen molar-refractivity contribution in [2.75, 3.05) is 19.3 Å². The molecule has 29 heavy (non-hydrogen) atoms. The van der Waals surface area contributed by atoms with Crippen molar-refractivity contribution >= 4 is 40.1 Å². The molecule has 4 rings (SSSR count). The van der Waals surface area contributed by atoms with Crippen LogP contribution in [0.3, 0.4) is 0 Å². The van der Waals surface area contributed by atoms with Crippen LogP contribution in [-0.2, 0) is 0 Å². The van der Waals surface area contributed by atoms with E-state index in [4.69, 9.17) is 15.7 Å². The second kappa shape index (κ2) is 8.26. The predicted octanol–water partition coefficient (Wildman–Crippen LogP) is 4.94. The fourth-order valence-electron chi connectivity index (χ4n) is 3.98. The number of nitrogens with one attached hydrogen (secondary N) is 1. The van der Waals surface area contributed by atoms with Gasteiger partial charge in [-0.2, -0.15) is 0 Å². The summed E-state index contributed by atoms with van der Waals surface area (Å²) in [6.07, 6.45) is 7.43. The molecule has 2 heterocycles. The van der Waals surface area contributed by atoms with Crippen LogP contribution in [0.15, 0.2) is 69.0 Å². The van der Waals surface area contributed by atoms with Gasteiger partial charge in [0.2, 0.25) is 0 Å². The molecule has 1 aromatic carbocycles. The molecule has 0 amide bonds. The number of halogens is 1. The zero-order chi connectivity index (χ0) is 20.4. The van der Waals surface area contributed by atoms with Gasteiger partial charge in [-0.1, -0.05) is 23.9 Å². The van der Waals surface area contributed by atoms with Gasteiger partial charge in [-0.3, -0.25) is 0 Å². The van der Waals surface area contributed by atoms with Gasteiger partial charge in [-0.25, -0.2) is 14.4 Å². The first-order valence-electron chi connectivity index (χ1n) is 9.42. The molecule has 150 valence electrons. The van der Waals surface area contributed by atoms with Crippen LogP contribution >= 0.6 is 23.1 Å². The van der Waals surface area contributed by atoms with Crippen LogP contribution < -0.4 is 11.1 Å². The highest BCUT2D eigenvalue weighted by Crippen LogP contribution is 2.50. The predicted molar refractivity (Wildman–Crippen MR) is 121 cm³/mol. The second-order valence-corrected chi connectivity index (χ2v) is 9.11. The topological polar surface area (TPSA) is 63.3 Å². The smallest absolute Gasteiger partial charge is 0.150 e. The maximum absolute atomic E-state index is 13.2. The number of hydrogen-bond donors (Lipinski definition) is 2. The lowest BCUT2D eigenvalue weighted by Gasteiger charge is -2.44. The first-order valence-corrected chi connectivity index (χ1v) is 11.5. The molecule has 2 aliphatic rings. The van der Waals surface area contributed by atoms with E-state index in [2.05, 4.69) is 23.4 Å². The third-order valence-electron chi connectivity index (χ3n) is 5.57. The molecule has 0 radical (unpaired) electrons. The Morgan fingerprint density at radius 3 is 2.90 bits per heavy atom. The number of thioether (sulfide) groups is 1. The van der Waals surface area contributed by atoms with E-state index in [-0.39, 0.29) is 11.2 Å². The van der Waals surface area contributed by atoms with Crippen LogP contribution in [0, 0.1) is 11.2 Å². The van der Waals surface area contributed by atoms with Crippen molar-refractivity contribution in [3.63, 3.8) is 0 Å². The maximum atomic E-state index is 13.2. The minimum atomic E-state index is -0.271. The van der Waals surface area contributed by atoms with Gasteiger partial charge >= 0.3 is 0 Å². The van der Waals surface area contributed by atoms with Crippen LogP contribution in [0.1, 0.15) is 18.5 Å². The fourth-order valence-corrected chi connectivity index (χ4v) is 5.26. The van der Waals surface area contributed by atoms with Crippen molar-refractivity contribution < 1.29 is 4.39 Å². The Bertz CT molecular complexity index is 1020. The molecule has 7 heteroatoms. The summed E-state index contributed by atoms with van der Waals surface area (Å²) in [6.45, 7) is 6.18. The van der Waals surface area contributed by atoms with Crippen LogP contribution in [0.4, 0.5) is 10.1 Å². The van der Waals surface area contributed by atoms with Gasteiger partial charge in [0.15, 0.2) is 0 Å². The summed E-state index contributed by atoms with van der Waals surface area (Å²) >= 11 is 3.29. The van der Waals surface area contributed by atoms with Gasteiger partial charge in [0, 0.05) is 17.3 Å². The molecule has 3 N–H and O–H groups in total. The van der Waals surface area contributed by atoms with Gasteiger partial charge in [0.05, 0.1) is 17.1 Å². The number of piperidine rings is 1. The molecule has 1 aliphatic carbocycles. The van der Waals surface area contributed by atoms with Crippen LogP contribution in [0.25, 0.3) is 5.57 Å². The zero-order valence-corrected chi connectivity index (χ0v) is 17.9. The summed E-state index contributed by atoms with van der Waals surface area (Å²) in [4.78, 5) is 9.49. The minimum Gasteiger partial charge on any atom is -0.404 e. The van der Waals surface area contributed by atoms with E-state index in [1.54, 1.807) is 41.4 Å². The Hall–Kier alpha value is -2.22. The molecule has 1 unspecified atom stereocenters. The number of thiazole rings is 1. The Kier molecular flexibility index (Phi) is 5.72. The Balaban J connectivity index is 1.76. The zero-order valence-electron chi connectivity index (χ0n) is 16.2. The Labute approximate surface area is 178 Å². The number of fused-ring (bicyclic) bond motifs is 1. The van der Waals surface area contributed by atoms with Crippen LogP contribution in [-0.4, -0.2) is 30.0 Å². The van der Waals surface area contributed by atoms with Crippen molar-refractivity contribution in [3.05, 3.63) is 71.2 Å². The van der Waals surface area contributed by atoms with E-state index in [1.807, 2.05) is 6.26 Å². The van der Waals surface area contributed by atoms with Gasteiger partial charge in [-0.15, -0.1) is 11.3 Å². The molecule has 0 spiro atoms. The summed E-state index contributed by atoms with van der Waals surface area (Å²) in [7, 11) is 0. The summed E-state index contributed by atoms with van der Waals surface area (Å²) in [5.41, 5.74) is 11.5. The Morgan fingerprint density at radius 1 is 1.41 bits per heavy atom. The molecule has 1 saturated heterocycles. The highest BCUT2D eigenvalue weighted by atomic mass is 32.2. The molecule has 1 aromatic heterocycles. The van der Waals surface area contributed by atoms with Gasteiger partial charge in [0.25, 0.3) is 0 Å². The SMILES string of the molecule is C=C(c1csc(SC)n1)C12CNCCC1=CC(=Nc1ccc(F)cc1)C(=CN)C2. The molecule has 1 atom stereocenters. The Morgan fingerprint density at radius 2 is 2.21 bits per heavy atom. The number of aliphatic imine (C=N–C) groups is 1. The molecule has 0 saturated carbocycles. The molecule has 0 bridgehead atoms. The average molecular weight is 427 g/mol. The monoisotopic (exact) mass is 426 g/mol. The van der Waals surface area contributed by atoms with E-state index in [9.17, 15) is 4.39 Å². The van der Waals surface area contributed by atoms with Crippen molar-refractivity contribution in [3.8, 4) is 0 Å². The molecular weight excluding hydrogens is 403 g/mol. The van der Waals surface area contributed by atoms with E-state index in [1.165, 1.54) is 17.7 Å². The molecular formula is C22H23FN4S2. The largest absolute Gasteiger partial charge is 0.404 e. The van der Waals surface area contributed by atoms with Gasteiger partial charge < -0.3 is 11.1 Å². The molecule has 4 nitrogen and oxygen atoms in total. The number of hydrogen-bond acceptors (Lipinski definition) is 6. The van der Waals surface area contributed by atoms with Gasteiger partial charge in [-0.05, 0) is 73.3 Å². The van der Waals surface area contributed by atoms with E-state index >= 15 is 0 Å². The molecule has 1 aliphatic heterocycles. The van der Waals surface area contributed by atoms with E-state index < -0.39 is 0 Å². The summed E-state index contributed by atoms with van der Waals surface area (Å²) < 4.78 is 14.3. The van der Waals surface area contributed by atoms with Gasteiger partial charge in [0.1, 0.15) is 10.2 Å². The number of allylic oxidation sites excluding steroid dienone is 2. The number of aromatic nitrogens is 1. The summed E-state index contributed by atoms with van der Waals surface area (Å²) in [5.74, 6) is -0.271. The highest BCUT2D eigenvalue weighted by Gasteiger charge is 2.44. The lowest BCUT2D eigenvalue weighted by atomic mass is 9.63. The molecule has 2 aromatic rings. The standard InChI is InChI=1S/C22H23FN4S2/c1-14(20-12-29-21(27-20)28-2)22-10-15(11-24)19(9-16(22)7-8-25-13-22)26-18-5-3-17(23)4-6-18/h3-6,9,11-12,25H,1,7-8,10,13,24H2,2H3. The number of rotatable bonds is 4. The first kappa shape index (κ1) is 20.1. The lowest BCUT2D eigenvalue weighted by Crippen LogP contribution is -2.45. The van der Waals surface area contributed by atoms with Crippen molar-refractivity contribution in [2.45, 2.75) is 17.2 Å². The summed E-state index contributed by atoms with van der Waals surface area (Å²) in [5, 5.41) is 5.62. The third kappa shape index (κ3) is 3.82. The number of nitrogens with two attached hydrogens (primary N) is 1.